The molecule has 0 aliphatic carbocycles. The lowest BCUT2D eigenvalue weighted by atomic mass is 10.0. The van der Waals surface area contributed by atoms with Crippen molar-refractivity contribution in [2.45, 2.75) is 52.7 Å². The Labute approximate surface area is 132 Å². The van der Waals surface area contributed by atoms with Crippen molar-refractivity contribution < 1.29 is 14.7 Å². The molecule has 0 aromatic heterocycles. The first-order valence-corrected chi connectivity index (χ1v) is 7.53. The maximum absolute atomic E-state index is 12.3. The second-order valence-corrected chi connectivity index (χ2v) is 6.38. The summed E-state index contributed by atoms with van der Waals surface area (Å²) in [6.45, 7) is 11.4. The molecule has 22 heavy (non-hydrogen) atoms. The lowest BCUT2D eigenvalue weighted by Crippen LogP contribution is -2.42. The van der Waals surface area contributed by atoms with E-state index < -0.39 is 12.0 Å². The predicted molar refractivity (Wildman–Crippen MR) is 86.8 cm³/mol. The smallest absolute Gasteiger partial charge is 0.325 e. The molecule has 122 valence electrons. The number of carbonyl (C=O) groups excluding carboxylic acids is 1. The van der Waals surface area contributed by atoms with Gasteiger partial charge in [0.1, 0.15) is 6.04 Å². The molecule has 5 heteroatoms. The molecule has 0 aliphatic rings. The topological polar surface area (TPSA) is 69.6 Å². The van der Waals surface area contributed by atoms with Gasteiger partial charge in [-0.15, -0.1) is 0 Å². The van der Waals surface area contributed by atoms with Crippen LogP contribution in [0.25, 0.3) is 0 Å². The van der Waals surface area contributed by atoms with E-state index in [-0.39, 0.29) is 11.4 Å². The molecule has 1 atom stereocenters. The van der Waals surface area contributed by atoms with Gasteiger partial charge >= 0.3 is 5.97 Å². The fraction of sp³-hybridized carbons (Fsp3) is 0.529. The highest BCUT2D eigenvalue weighted by molar-refractivity contribution is 5.97. The third kappa shape index (κ3) is 4.84. The second kappa shape index (κ2) is 7.40. The fourth-order valence-corrected chi connectivity index (χ4v) is 2.24. The van der Waals surface area contributed by atoms with Gasteiger partial charge in [-0.3, -0.25) is 14.5 Å². The first-order valence-electron chi connectivity index (χ1n) is 7.53. The average Bonchev–Trinajstić information content (AvgIpc) is 2.43. The van der Waals surface area contributed by atoms with Gasteiger partial charge in [0.2, 0.25) is 0 Å². The lowest BCUT2D eigenvalue weighted by molar-refractivity contribution is -0.138. The summed E-state index contributed by atoms with van der Waals surface area (Å²) in [7, 11) is 0. The lowest BCUT2D eigenvalue weighted by Gasteiger charge is -2.35. The summed E-state index contributed by atoms with van der Waals surface area (Å²) in [6.07, 6.45) is 0. The Kier molecular flexibility index (Phi) is 6.11. The van der Waals surface area contributed by atoms with Crippen LogP contribution < -0.4 is 5.32 Å². The van der Waals surface area contributed by atoms with Gasteiger partial charge in [0, 0.05) is 17.6 Å². The van der Waals surface area contributed by atoms with Crippen molar-refractivity contribution in [3.05, 3.63) is 35.4 Å². The highest BCUT2D eigenvalue weighted by Gasteiger charge is 2.23. The van der Waals surface area contributed by atoms with Gasteiger partial charge in [0.25, 0.3) is 5.91 Å². The van der Waals surface area contributed by atoms with Gasteiger partial charge in [0.05, 0.1) is 0 Å². The van der Waals surface area contributed by atoms with Crippen LogP contribution in [0.5, 0.6) is 0 Å². The summed E-state index contributed by atoms with van der Waals surface area (Å²) in [6, 6.07) is 6.41. The quantitative estimate of drug-likeness (QED) is 0.847. The molecule has 0 saturated heterocycles. The number of benzene rings is 1. The van der Waals surface area contributed by atoms with Crippen LogP contribution in [0.4, 0.5) is 0 Å². The Balaban J connectivity index is 2.99. The minimum atomic E-state index is -1.05. The SMILES string of the molecule is CCN(Cc1ccccc1C(=O)NC(C)C(=O)O)C(C)(C)C. The Hall–Kier alpha value is -1.88. The minimum absolute atomic E-state index is 0.00725. The maximum Gasteiger partial charge on any atom is 0.325 e. The van der Waals surface area contributed by atoms with Crippen molar-refractivity contribution in [3.63, 3.8) is 0 Å². The van der Waals surface area contributed by atoms with Crippen LogP contribution in [0.2, 0.25) is 0 Å². The van der Waals surface area contributed by atoms with E-state index in [1.54, 1.807) is 12.1 Å². The van der Waals surface area contributed by atoms with Crippen LogP contribution in [0, 0.1) is 0 Å². The number of carboxylic acids is 1. The first-order chi connectivity index (χ1) is 10.2. The molecule has 2 N–H and O–H groups in total. The molecule has 1 aromatic rings. The Bertz CT molecular complexity index is 535. The molecular weight excluding hydrogens is 280 g/mol. The van der Waals surface area contributed by atoms with Crippen molar-refractivity contribution in [1.82, 2.24) is 10.2 Å². The molecule has 1 aromatic carbocycles. The highest BCUT2D eigenvalue weighted by atomic mass is 16.4. The van der Waals surface area contributed by atoms with Crippen LogP contribution >= 0.6 is 0 Å². The molecule has 1 rings (SSSR count). The summed E-state index contributed by atoms with van der Waals surface area (Å²) in [5, 5.41) is 11.4. The van der Waals surface area contributed by atoms with E-state index in [0.717, 1.165) is 12.1 Å². The number of aliphatic carboxylic acids is 1. The monoisotopic (exact) mass is 306 g/mol. The van der Waals surface area contributed by atoms with Crippen molar-refractivity contribution in [1.29, 1.82) is 0 Å². The summed E-state index contributed by atoms with van der Waals surface area (Å²) in [4.78, 5) is 25.5. The fourth-order valence-electron chi connectivity index (χ4n) is 2.24. The summed E-state index contributed by atoms with van der Waals surface area (Å²) < 4.78 is 0. The molecular formula is C17H26N2O3. The zero-order chi connectivity index (χ0) is 16.9. The number of carboxylic acid groups (broad SMARTS) is 1. The maximum atomic E-state index is 12.3. The largest absolute Gasteiger partial charge is 0.480 e. The zero-order valence-corrected chi connectivity index (χ0v) is 14.0. The van der Waals surface area contributed by atoms with Crippen molar-refractivity contribution in [2.24, 2.45) is 0 Å². The van der Waals surface area contributed by atoms with Gasteiger partial charge in [-0.05, 0) is 45.9 Å². The molecule has 0 spiro atoms. The normalized spacial score (nSPS) is 13.0. The zero-order valence-electron chi connectivity index (χ0n) is 14.0. The minimum Gasteiger partial charge on any atom is -0.480 e. The number of hydrogen-bond donors (Lipinski definition) is 2. The van der Waals surface area contributed by atoms with Gasteiger partial charge in [0.15, 0.2) is 0 Å². The average molecular weight is 306 g/mol. The van der Waals surface area contributed by atoms with Crippen molar-refractivity contribution in [3.8, 4) is 0 Å². The molecule has 0 heterocycles. The Morgan fingerprint density at radius 1 is 1.27 bits per heavy atom. The molecule has 1 unspecified atom stereocenters. The molecule has 5 nitrogen and oxygen atoms in total. The van der Waals surface area contributed by atoms with E-state index in [1.807, 2.05) is 12.1 Å². The summed E-state index contributed by atoms with van der Waals surface area (Å²) in [5.41, 5.74) is 1.42. The predicted octanol–water partition coefficient (Wildman–Crippen LogP) is 2.51. The molecule has 0 radical (unpaired) electrons. The Morgan fingerprint density at radius 2 is 1.86 bits per heavy atom. The summed E-state index contributed by atoms with van der Waals surface area (Å²) >= 11 is 0. The molecule has 0 bridgehead atoms. The van der Waals surface area contributed by atoms with Crippen molar-refractivity contribution in [2.75, 3.05) is 6.54 Å². The van der Waals surface area contributed by atoms with E-state index in [9.17, 15) is 9.59 Å². The van der Waals surface area contributed by atoms with Crippen LogP contribution in [-0.4, -0.2) is 40.0 Å². The number of carbonyl (C=O) groups is 2. The van der Waals surface area contributed by atoms with Crippen LogP contribution in [0.1, 0.15) is 50.5 Å². The van der Waals surface area contributed by atoms with Gasteiger partial charge < -0.3 is 10.4 Å². The number of nitrogens with zero attached hydrogens (tertiary/aromatic N) is 1. The van der Waals surface area contributed by atoms with Gasteiger partial charge in [-0.1, -0.05) is 25.1 Å². The number of hydrogen-bond acceptors (Lipinski definition) is 3. The van der Waals surface area contributed by atoms with E-state index in [4.69, 9.17) is 5.11 Å². The van der Waals surface area contributed by atoms with E-state index in [2.05, 4.69) is 37.9 Å². The number of rotatable bonds is 6. The molecule has 0 saturated carbocycles. The number of nitrogens with one attached hydrogen (secondary N) is 1. The number of amides is 1. The highest BCUT2D eigenvalue weighted by Crippen LogP contribution is 2.19. The van der Waals surface area contributed by atoms with Crippen LogP contribution in [-0.2, 0) is 11.3 Å². The standard InChI is InChI=1S/C17H26N2O3/c1-6-19(17(3,4)5)11-13-9-7-8-10-14(13)15(20)18-12(2)16(21)22/h7-10,12H,6,11H2,1-5H3,(H,18,20)(H,21,22). The van der Waals surface area contributed by atoms with E-state index >= 15 is 0 Å². The Morgan fingerprint density at radius 3 is 2.36 bits per heavy atom. The van der Waals surface area contributed by atoms with Crippen LogP contribution in [0.3, 0.4) is 0 Å². The third-order valence-corrected chi connectivity index (χ3v) is 3.67. The molecule has 0 aliphatic heterocycles. The van der Waals surface area contributed by atoms with Crippen molar-refractivity contribution >= 4 is 11.9 Å². The molecule has 1 amide bonds. The molecule has 0 fully saturated rings. The van der Waals surface area contributed by atoms with Gasteiger partial charge in [-0.25, -0.2) is 0 Å². The van der Waals surface area contributed by atoms with E-state index in [0.29, 0.717) is 12.1 Å². The second-order valence-electron chi connectivity index (χ2n) is 6.38. The van der Waals surface area contributed by atoms with Gasteiger partial charge in [-0.2, -0.15) is 0 Å². The van der Waals surface area contributed by atoms with E-state index in [1.165, 1.54) is 6.92 Å². The first kappa shape index (κ1) is 18.2. The summed E-state index contributed by atoms with van der Waals surface area (Å²) in [5.74, 6) is -1.40. The van der Waals surface area contributed by atoms with Crippen LogP contribution in [0.15, 0.2) is 24.3 Å². The third-order valence-electron chi connectivity index (χ3n) is 3.67.